The van der Waals surface area contributed by atoms with Crippen LogP contribution >= 0.6 is 11.6 Å². The van der Waals surface area contributed by atoms with Crippen molar-refractivity contribution in [1.29, 1.82) is 0 Å². The molecule has 19 heavy (non-hydrogen) atoms. The van der Waals surface area contributed by atoms with Crippen molar-refractivity contribution in [2.75, 3.05) is 13.2 Å². The predicted molar refractivity (Wildman–Crippen MR) is 69.7 cm³/mol. The van der Waals surface area contributed by atoms with Crippen molar-refractivity contribution in [3.63, 3.8) is 0 Å². The topological polar surface area (TPSA) is 47.9 Å². The molecule has 0 aromatic heterocycles. The van der Waals surface area contributed by atoms with Gasteiger partial charge < -0.3 is 9.57 Å². The van der Waals surface area contributed by atoms with Crippen molar-refractivity contribution in [3.05, 3.63) is 34.6 Å². The van der Waals surface area contributed by atoms with Crippen LogP contribution in [0.3, 0.4) is 0 Å². The highest BCUT2D eigenvalue weighted by atomic mass is 35.5. The Bertz CT molecular complexity index is 452. The molecule has 0 atom stereocenters. The van der Waals surface area contributed by atoms with Crippen LogP contribution in [0, 0.1) is 11.9 Å². The Balaban J connectivity index is 2.29. The van der Waals surface area contributed by atoms with Gasteiger partial charge in [0.15, 0.2) is 0 Å². The Labute approximate surface area is 116 Å². The van der Waals surface area contributed by atoms with E-state index in [0.29, 0.717) is 12.2 Å². The molecule has 0 unspecified atom stereocenters. The van der Waals surface area contributed by atoms with Crippen molar-refractivity contribution in [1.82, 2.24) is 0 Å². The minimum Gasteiger partial charge on any atom is -0.466 e. The molecular formula is C13H14ClFNO3. The van der Waals surface area contributed by atoms with Gasteiger partial charge in [-0.1, -0.05) is 23.7 Å². The van der Waals surface area contributed by atoms with Gasteiger partial charge >= 0.3 is 5.97 Å². The number of oxime groups is 1. The van der Waals surface area contributed by atoms with Gasteiger partial charge in [0.1, 0.15) is 12.4 Å². The summed E-state index contributed by atoms with van der Waals surface area (Å²) in [6.07, 6.45) is 2.24. The van der Waals surface area contributed by atoms with Crippen LogP contribution in [-0.4, -0.2) is 25.4 Å². The lowest BCUT2D eigenvalue weighted by Gasteiger charge is -2.02. The van der Waals surface area contributed by atoms with Gasteiger partial charge in [0.05, 0.1) is 24.3 Å². The van der Waals surface area contributed by atoms with Crippen molar-refractivity contribution >= 4 is 23.8 Å². The Morgan fingerprint density at radius 3 is 3.05 bits per heavy atom. The maximum absolute atomic E-state index is 12.7. The molecule has 1 rings (SSSR count). The molecule has 0 saturated heterocycles. The number of rotatable bonds is 7. The molecule has 6 heteroatoms. The average Bonchev–Trinajstić information content (AvgIpc) is 2.38. The summed E-state index contributed by atoms with van der Waals surface area (Å²) in [5, 5.41) is 3.84. The molecule has 0 amide bonds. The molecule has 1 radical (unpaired) electrons. The number of hydrogen-bond donors (Lipinski definition) is 0. The Morgan fingerprint density at radius 2 is 2.37 bits per heavy atom. The van der Waals surface area contributed by atoms with Crippen molar-refractivity contribution in [3.8, 4) is 0 Å². The van der Waals surface area contributed by atoms with E-state index in [1.165, 1.54) is 12.3 Å². The van der Waals surface area contributed by atoms with E-state index in [1.807, 2.05) is 6.92 Å². The normalized spacial score (nSPS) is 10.7. The first-order valence-corrected chi connectivity index (χ1v) is 6.19. The molecule has 0 aliphatic carbocycles. The van der Waals surface area contributed by atoms with E-state index in [1.54, 1.807) is 0 Å². The zero-order chi connectivity index (χ0) is 14.1. The standard InChI is InChI=1S/C13H14ClFNO3/c1-2-6-18-13(17)5-7-19-16-9-10-3-4-11(15)8-12(10)14/h3,8-9H,2,5-7H2,1H3/b16-9+. The number of hydrogen-bond acceptors (Lipinski definition) is 4. The number of carbonyl (C=O) groups excluding carboxylic acids is 1. The molecule has 1 aromatic rings. The van der Waals surface area contributed by atoms with Gasteiger partial charge in [-0.2, -0.15) is 0 Å². The smallest absolute Gasteiger partial charge is 0.309 e. The third kappa shape index (κ3) is 6.20. The van der Waals surface area contributed by atoms with Gasteiger partial charge in [-0.15, -0.1) is 0 Å². The summed E-state index contributed by atoms with van der Waals surface area (Å²) >= 11 is 5.77. The zero-order valence-corrected chi connectivity index (χ0v) is 11.2. The quantitative estimate of drug-likeness (QED) is 0.335. The van der Waals surface area contributed by atoms with Gasteiger partial charge in [0, 0.05) is 11.6 Å². The predicted octanol–water partition coefficient (Wildman–Crippen LogP) is 2.97. The third-order valence-electron chi connectivity index (χ3n) is 2.03. The molecule has 0 saturated carbocycles. The highest BCUT2D eigenvalue weighted by molar-refractivity contribution is 6.33. The number of carbonyl (C=O) groups is 1. The molecule has 0 aliphatic rings. The minimum atomic E-state index is -0.540. The fourth-order valence-electron chi connectivity index (χ4n) is 1.11. The molecule has 1 aromatic carbocycles. The second-order valence-corrected chi connectivity index (χ2v) is 4.03. The molecular weight excluding hydrogens is 273 g/mol. The van der Waals surface area contributed by atoms with Gasteiger partial charge in [-0.3, -0.25) is 4.79 Å². The Morgan fingerprint density at radius 1 is 1.58 bits per heavy atom. The largest absolute Gasteiger partial charge is 0.466 e. The highest BCUT2D eigenvalue weighted by Gasteiger charge is 2.02. The van der Waals surface area contributed by atoms with Gasteiger partial charge in [0.2, 0.25) is 0 Å². The summed E-state index contributed by atoms with van der Waals surface area (Å²) in [5.74, 6) is -0.869. The lowest BCUT2D eigenvalue weighted by molar-refractivity contribution is -0.144. The first kappa shape index (κ1) is 15.4. The number of esters is 1. The van der Waals surface area contributed by atoms with Gasteiger partial charge in [-0.05, 0) is 18.6 Å². The number of nitrogens with zero attached hydrogens (tertiary/aromatic N) is 1. The second-order valence-electron chi connectivity index (χ2n) is 3.62. The van der Waals surface area contributed by atoms with Crippen LogP contribution < -0.4 is 0 Å². The van der Waals surface area contributed by atoms with Crippen LogP contribution in [0.4, 0.5) is 4.39 Å². The summed E-state index contributed by atoms with van der Waals surface area (Å²) in [7, 11) is 0. The molecule has 4 nitrogen and oxygen atoms in total. The van der Waals surface area contributed by atoms with Crippen LogP contribution in [-0.2, 0) is 14.4 Å². The SMILES string of the molecule is CCCOC(=O)CCO/N=C/c1c[c]c(F)cc1Cl. The van der Waals surface area contributed by atoms with E-state index >= 15 is 0 Å². The minimum absolute atomic E-state index is 0.113. The maximum atomic E-state index is 12.7. The van der Waals surface area contributed by atoms with Crippen molar-refractivity contribution < 1.29 is 18.8 Å². The van der Waals surface area contributed by atoms with Crippen LogP contribution in [0.5, 0.6) is 0 Å². The molecule has 0 spiro atoms. The highest BCUT2D eigenvalue weighted by Crippen LogP contribution is 2.14. The lowest BCUT2D eigenvalue weighted by Crippen LogP contribution is -2.07. The van der Waals surface area contributed by atoms with Gasteiger partial charge in [0.25, 0.3) is 0 Å². The monoisotopic (exact) mass is 286 g/mol. The first-order chi connectivity index (χ1) is 9.13. The van der Waals surface area contributed by atoms with Crippen LogP contribution in [0.1, 0.15) is 25.3 Å². The van der Waals surface area contributed by atoms with E-state index in [0.717, 1.165) is 12.5 Å². The molecule has 0 N–H and O–H groups in total. The third-order valence-corrected chi connectivity index (χ3v) is 2.35. The summed E-state index contributed by atoms with van der Waals surface area (Å²) in [5.41, 5.74) is 0.483. The summed E-state index contributed by atoms with van der Waals surface area (Å²) in [6.45, 7) is 2.43. The summed E-state index contributed by atoms with van der Waals surface area (Å²) in [4.78, 5) is 16.0. The zero-order valence-electron chi connectivity index (χ0n) is 10.5. The van der Waals surface area contributed by atoms with Crippen molar-refractivity contribution in [2.24, 2.45) is 5.16 Å². The molecule has 0 heterocycles. The fraction of sp³-hybridized carbons (Fsp3) is 0.385. The Hall–Kier alpha value is -1.62. The Kier molecular flexibility index (Phi) is 6.89. The first-order valence-electron chi connectivity index (χ1n) is 5.81. The van der Waals surface area contributed by atoms with Crippen molar-refractivity contribution in [2.45, 2.75) is 19.8 Å². The summed E-state index contributed by atoms with van der Waals surface area (Å²) in [6, 6.07) is 4.84. The molecule has 0 bridgehead atoms. The number of benzene rings is 1. The van der Waals surface area contributed by atoms with Crippen LogP contribution in [0.25, 0.3) is 0 Å². The fourth-order valence-corrected chi connectivity index (χ4v) is 1.31. The maximum Gasteiger partial charge on any atom is 0.309 e. The summed E-state index contributed by atoms with van der Waals surface area (Å²) < 4.78 is 17.6. The number of halogens is 2. The molecule has 0 fully saturated rings. The lowest BCUT2D eigenvalue weighted by atomic mass is 10.2. The van der Waals surface area contributed by atoms with Gasteiger partial charge in [-0.25, -0.2) is 4.39 Å². The van der Waals surface area contributed by atoms with E-state index < -0.39 is 5.82 Å². The van der Waals surface area contributed by atoms with E-state index in [-0.39, 0.29) is 24.0 Å². The second kappa shape index (κ2) is 8.48. The average molecular weight is 287 g/mol. The van der Waals surface area contributed by atoms with Crippen LogP contribution in [0.2, 0.25) is 5.02 Å². The molecule has 0 aliphatic heterocycles. The molecule has 103 valence electrons. The van der Waals surface area contributed by atoms with Crippen LogP contribution in [0.15, 0.2) is 17.3 Å². The number of ether oxygens (including phenoxy) is 1. The van der Waals surface area contributed by atoms with E-state index in [2.05, 4.69) is 11.2 Å². The van der Waals surface area contributed by atoms with E-state index in [9.17, 15) is 9.18 Å². The van der Waals surface area contributed by atoms with E-state index in [4.69, 9.17) is 21.2 Å².